The first kappa shape index (κ1) is 15.5. The van der Waals surface area contributed by atoms with Gasteiger partial charge in [-0.3, -0.25) is 4.98 Å². The molecule has 2 aromatic rings. The van der Waals surface area contributed by atoms with E-state index in [2.05, 4.69) is 31.5 Å². The zero-order valence-electron chi connectivity index (χ0n) is 11.9. The van der Waals surface area contributed by atoms with E-state index < -0.39 is 0 Å². The highest BCUT2D eigenvalue weighted by Crippen LogP contribution is 2.20. The van der Waals surface area contributed by atoms with E-state index in [1.807, 2.05) is 43.5 Å². The Morgan fingerprint density at radius 3 is 2.90 bits per heavy atom. The van der Waals surface area contributed by atoms with Gasteiger partial charge in [0.05, 0.1) is 0 Å². The van der Waals surface area contributed by atoms with Gasteiger partial charge in [-0.15, -0.1) is 0 Å². The summed E-state index contributed by atoms with van der Waals surface area (Å²) in [7, 11) is 0. The molecule has 2 amide bonds. The number of urea groups is 1. The summed E-state index contributed by atoms with van der Waals surface area (Å²) < 4.78 is 0.983. The van der Waals surface area contributed by atoms with Crippen molar-refractivity contribution < 1.29 is 4.79 Å². The second kappa shape index (κ2) is 7.78. The van der Waals surface area contributed by atoms with E-state index in [0.29, 0.717) is 6.54 Å². The van der Waals surface area contributed by atoms with Crippen LogP contribution >= 0.6 is 15.9 Å². The Bertz CT molecular complexity index is 602. The quantitative estimate of drug-likeness (QED) is 0.805. The smallest absolute Gasteiger partial charge is 0.319 e. The molecule has 0 radical (unpaired) electrons. The predicted octanol–water partition coefficient (Wildman–Crippen LogP) is 3.91. The Morgan fingerprint density at radius 1 is 1.33 bits per heavy atom. The molecule has 2 N–H and O–H groups in total. The first-order valence-electron chi connectivity index (χ1n) is 6.85. The van der Waals surface area contributed by atoms with Crippen molar-refractivity contribution in [1.82, 2.24) is 10.3 Å². The molecular formula is C16H18BrN3O. The minimum absolute atomic E-state index is 0.183. The third-order valence-electron chi connectivity index (χ3n) is 3.08. The number of rotatable bonds is 5. The third kappa shape index (κ3) is 5.19. The van der Waals surface area contributed by atoms with E-state index in [-0.39, 0.29) is 6.03 Å². The van der Waals surface area contributed by atoms with Crippen LogP contribution in [0.5, 0.6) is 0 Å². The summed E-state index contributed by atoms with van der Waals surface area (Å²) in [5, 5.41) is 5.67. The third-order valence-corrected chi connectivity index (χ3v) is 3.93. The molecule has 0 aliphatic rings. The second-order valence-electron chi connectivity index (χ2n) is 4.81. The Morgan fingerprint density at radius 2 is 2.19 bits per heavy atom. The second-order valence-corrected chi connectivity index (χ2v) is 5.66. The van der Waals surface area contributed by atoms with Crippen molar-refractivity contribution >= 4 is 27.6 Å². The van der Waals surface area contributed by atoms with Crippen LogP contribution in [-0.4, -0.2) is 17.6 Å². The summed E-state index contributed by atoms with van der Waals surface area (Å²) in [4.78, 5) is 15.8. The highest BCUT2D eigenvalue weighted by Gasteiger charge is 2.03. The molecule has 0 unspecified atom stereocenters. The number of carbonyl (C=O) groups is 1. The molecule has 0 aliphatic heterocycles. The molecule has 1 aromatic heterocycles. The minimum atomic E-state index is -0.183. The molecule has 0 fully saturated rings. The van der Waals surface area contributed by atoms with Crippen molar-refractivity contribution in [3.8, 4) is 0 Å². The van der Waals surface area contributed by atoms with Crippen molar-refractivity contribution in [2.24, 2.45) is 0 Å². The Hall–Kier alpha value is -1.88. The van der Waals surface area contributed by atoms with Crippen LogP contribution in [0.1, 0.15) is 17.5 Å². The van der Waals surface area contributed by atoms with Crippen molar-refractivity contribution in [2.45, 2.75) is 19.8 Å². The zero-order valence-corrected chi connectivity index (χ0v) is 13.5. The molecule has 21 heavy (non-hydrogen) atoms. The number of anilines is 1. The summed E-state index contributed by atoms with van der Waals surface area (Å²) in [5.74, 6) is 0. The van der Waals surface area contributed by atoms with Gasteiger partial charge in [0.2, 0.25) is 0 Å². The highest BCUT2D eigenvalue weighted by atomic mass is 79.9. The van der Waals surface area contributed by atoms with Gasteiger partial charge in [0, 0.05) is 29.1 Å². The maximum atomic E-state index is 11.8. The van der Waals surface area contributed by atoms with Crippen LogP contribution in [0.2, 0.25) is 0 Å². The number of nitrogens with zero attached hydrogens (tertiary/aromatic N) is 1. The van der Waals surface area contributed by atoms with Crippen molar-refractivity contribution in [1.29, 1.82) is 0 Å². The molecule has 1 aromatic carbocycles. The fourth-order valence-corrected chi connectivity index (χ4v) is 2.27. The van der Waals surface area contributed by atoms with Gasteiger partial charge in [-0.25, -0.2) is 4.79 Å². The number of carbonyl (C=O) groups excluding carboxylic acids is 1. The Labute approximate surface area is 133 Å². The average Bonchev–Trinajstić information content (AvgIpc) is 2.49. The van der Waals surface area contributed by atoms with Crippen molar-refractivity contribution in [3.05, 3.63) is 58.3 Å². The molecule has 0 saturated heterocycles. The van der Waals surface area contributed by atoms with Crippen LogP contribution in [0.25, 0.3) is 0 Å². The van der Waals surface area contributed by atoms with Crippen LogP contribution in [-0.2, 0) is 6.42 Å². The van der Waals surface area contributed by atoms with Crippen LogP contribution in [0.3, 0.4) is 0 Å². The molecule has 0 spiro atoms. The topological polar surface area (TPSA) is 54.0 Å². The summed E-state index contributed by atoms with van der Waals surface area (Å²) in [6.45, 7) is 2.64. The number of amides is 2. The van der Waals surface area contributed by atoms with Crippen LogP contribution in [0.4, 0.5) is 10.5 Å². The van der Waals surface area contributed by atoms with Gasteiger partial charge in [-0.05, 0) is 49.1 Å². The molecule has 0 bridgehead atoms. The molecular weight excluding hydrogens is 330 g/mol. The number of halogens is 1. The monoisotopic (exact) mass is 347 g/mol. The number of hydrogen-bond acceptors (Lipinski definition) is 2. The van der Waals surface area contributed by atoms with Crippen LogP contribution in [0, 0.1) is 6.92 Å². The standard InChI is InChI=1S/C16H18BrN3O/c1-12-6-7-14(10-15(12)17)20-16(21)19-9-3-5-13-4-2-8-18-11-13/h2,4,6-8,10-11H,3,5,9H2,1H3,(H2,19,20,21). The zero-order chi connectivity index (χ0) is 15.1. The molecule has 2 rings (SSSR count). The molecule has 5 heteroatoms. The van der Waals surface area contributed by atoms with Gasteiger partial charge in [-0.2, -0.15) is 0 Å². The number of nitrogens with one attached hydrogen (secondary N) is 2. The molecule has 0 atom stereocenters. The number of aromatic nitrogens is 1. The van der Waals surface area contributed by atoms with E-state index >= 15 is 0 Å². The Balaban J connectivity index is 1.71. The first-order chi connectivity index (χ1) is 10.1. The summed E-state index contributed by atoms with van der Waals surface area (Å²) in [6, 6.07) is 9.51. The highest BCUT2D eigenvalue weighted by molar-refractivity contribution is 9.10. The lowest BCUT2D eigenvalue weighted by atomic mass is 10.1. The van der Waals surface area contributed by atoms with E-state index in [1.165, 1.54) is 5.56 Å². The SMILES string of the molecule is Cc1ccc(NC(=O)NCCCc2cccnc2)cc1Br. The minimum Gasteiger partial charge on any atom is -0.338 e. The van der Waals surface area contributed by atoms with Crippen molar-refractivity contribution in [3.63, 3.8) is 0 Å². The normalized spacial score (nSPS) is 10.2. The number of pyridine rings is 1. The maximum absolute atomic E-state index is 11.8. The maximum Gasteiger partial charge on any atom is 0.319 e. The molecule has 0 aliphatic carbocycles. The fraction of sp³-hybridized carbons (Fsp3) is 0.250. The molecule has 110 valence electrons. The van der Waals surface area contributed by atoms with Gasteiger partial charge >= 0.3 is 6.03 Å². The van der Waals surface area contributed by atoms with Gasteiger partial charge < -0.3 is 10.6 Å². The van der Waals surface area contributed by atoms with E-state index in [4.69, 9.17) is 0 Å². The van der Waals surface area contributed by atoms with E-state index in [1.54, 1.807) is 6.20 Å². The summed E-state index contributed by atoms with van der Waals surface area (Å²) in [6.07, 6.45) is 5.40. The number of hydrogen-bond donors (Lipinski definition) is 2. The van der Waals surface area contributed by atoms with Gasteiger partial charge in [0.1, 0.15) is 0 Å². The van der Waals surface area contributed by atoms with Crippen LogP contribution < -0.4 is 10.6 Å². The number of aryl methyl sites for hydroxylation is 2. The van der Waals surface area contributed by atoms with Gasteiger partial charge in [-0.1, -0.05) is 28.1 Å². The molecule has 4 nitrogen and oxygen atoms in total. The van der Waals surface area contributed by atoms with Gasteiger partial charge in [0.15, 0.2) is 0 Å². The van der Waals surface area contributed by atoms with Gasteiger partial charge in [0.25, 0.3) is 0 Å². The summed E-state index contributed by atoms with van der Waals surface area (Å²) in [5.41, 5.74) is 3.09. The first-order valence-corrected chi connectivity index (χ1v) is 7.64. The molecule has 0 saturated carbocycles. The lowest BCUT2D eigenvalue weighted by molar-refractivity contribution is 0.252. The fourth-order valence-electron chi connectivity index (χ4n) is 1.89. The predicted molar refractivity (Wildman–Crippen MR) is 88.5 cm³/mol. The van der Waals surface area contributed by atoms with E-state index in [9.17, 15) is 4.79 Å². The summed E-state index contributed by atoms with van der Waals surface area (Å²) >= 11 is 3.45. The van der Waals surface area contributed by atoms with Crippen LogP contribution in [0.15, 0.2) is 47.2 Å². The largest absolute Gasteiger partial charge is 0.338 e. The van der Waals surface area contributed by atoms with Crippen molar-refractivity contribution in [2.75, 3.05) is 11.9 Å². The molecule has 1 heterocycles. The van der Waals surface area contributed by atoms with E-state index in [0.717, 1.165) is 28.6 Å². The number of benzene rings is 1. The lowest BCUT2D eigenvalue weighted by Gasteiger charge is -2.08. The Kier molecular flexibility index (Phi) is 5.75. The average molecular weight is 348 g/mol. The lowest BCUT2D eigenvalue weighted by Crippen LogP contribution is -2.29.